The maximum Gasteiger partial charge on any atom is 0.237 e. The zero-order chi connectivity index (χ0) is 13.9. The van der Waals surface area contributed by atoms with E-state index in [0.717, 1.165) is 5.75 Å². The van der Waals surface area contributed by atoms with Crippen LogP contribution in [0.15, 0.2) is 36.7 Å². The molecule has 0 radical (unpaired) electrons. The van der Waals surface area contributed by atoms with Gasteiger partial charge in [0.15, 0.2) is 0 Å². The Morgan fingerprint density at radius 2 is 1.74 bits per heavy atom. The van der Waals surface area contributed by atoms with Crippen LogP contribution in [0.5, 0.6) is 11.6 Å². The fourth-order valence-electron chi connectivity index (χ4n) is 1.62. The van der Waals surface area contributed by atoms with Crippen molar-refractivity contribution in [2.45, 2.75) is 32.8 Å². The molecule has 0 saturated heterocycles. The van der Waals surface area contributed by atoms with Gasteiger partial charge in [-0.1, -0.05) is 32.9 Å². The van der Waals surface area contributed by atoms with Gasteiger partial charge in [-0.2, -0.15) is 0 Å². The van der Waals surface area contributed by atoms with Crippen LogP contribution in [0.1, 0.15) is 32.0 Å². The molecule has 0 saturated carbocycles. The van der Waals surface area contributed by atoms with Gasteiger partial charge in [-0.25, -0.2) is 4.98 Å². The molecule has 0 atom stereocenters. The molecule has 1 aromatic heterocycles. The maximum absolute atomic E-state index is 8.88. The van der Waals surface area contributed by atoms with Gasteiger partial charge in [0.05, 0.1) is 24.7 Å². The van der Waals surface area contributed by atoms with Crippen LogP contribution in [0.2, 0.25) is 0 Å². The number of ether oxygens (including phenoxy) is 1. The van der Waals surface area contributed by atoms with Gasteiger partial charge in [-0.05, 0) is 23.1 Å². The molecule has 0 aliphatic rings. The van der Waals surface area contributed by atoms with E-state index in [1.165, 1.54) is 18.0 Å². The van der Waals surface area contributed by atoms with Gasteiger partial charge in [0.1, 0.15) is 5.75 Å². The summed E-state index contributed by atoms with van der Waals surface area (Å²) in [4.78, 5) is 8.08. The van der Waals surface area contributed by atoms with E-state index < -0.39 is 0 Å². The van der Waals surface area contributed by atoms with Crippen LogP contribution in [-0.4, -0.2) is 15.1 Å². The number of nitrogens with zero attached hydrogens (tertiary/aromatic N) is 2. The highest BCUT2D eigenvalue weighted by Crippen LogP contribution is 2.25. The second-order valence-corrected chi connectivity index (χ2v) is 5.38. The number of aromatic nitrogens is 2. The Morgan fingerprint density at radius 3 is 2.21 bits per heavy atom. The minimum absolute atomic E-state index is 0.118. The summed E-state index contributed by atoms with van der Waals surface area (Å²) in [6.45, 7) is 6.39. The fraction of sp³-hybridized carbons (Fsp3) is 0.333. The third-order valence-electron chi connectivity index (χ3n) is 2.79. The minimum Gasteiger partial charge on any atom is -0.438 e. The van der Waals surface area contributed by atoms with E-state index in [0.29, 0.717) is 11.6 Å². The normalized spacial score (nSPS) is 11.4. The third-order valence-corrected chi connectivity index (χ3v) is 2.79. The van der Waals surface area contributed by atoms with Crippen LogP contribution >= 0.6 is 0 Å². The zero-order valence-electron chi connectivity index (χ0n) is 11.4. The first-order chi connectivity index (χ1) is 8.99. The first kappa shape index (κ1) is 13.5. The molecule has 0 fully saturated rings. The molecule has 1 aromatic carbocycles. The molecule has 19 heavy (non-hydrogen) atoms. The molecule has 4 heteroatoms. The monoisotopic (exact) mass is 258 g/mol. The number of hydrogen-bond donors (Lipinski definition) is 1. The molecule has 1 heterocycles. The van der Waals surface area contributed by atoms with Gasteiger partial charge in [0.25, 0.3) is 0 Å². The lowest BCUT2D eigenvalue weighted by Gasteiger charge is -2.19. The van der Waals surface area contributed by atoms with Crippen molar-refractivity contribution >= 4 is 0 Å². The van der Waals surface area contributed by atoms with E-state index in [2.05, 4.69) is 30.7 Å². The largest absolute Gasteiger partial charge is 0.438 e. The summed E-state index contributed by atoms with van der Waals surface area (Å²) in [5.74, 6) is 1.14. The Hall–Kier alpha value is -1.94. The summed E-state index contributed by atoms with van der Waals surface area (Å²) in [7, 11) is 0. The van der Waals surface area contributed by atoms with Gasteiger partial charge >= 0.3 is 0 Å². The zero-order valence-corrected chi connectivity index (χ0v) is 11.4. The minimum atomic E-state index is -0.118. The summed E-state index contributed by atoms with van der Waals surface area (Å²) in [6, 6.07) is 7.93. The van der Waals surface area contributed by atoms with Crippen molar-refractivity contribution < 1.29 is 9.84 Å². The molecule has 2 aromatic rings. The molecule has 2 rings (SSSR count). The van der Waals surface area contributed by atoms with Crippen molar-refractivity contribution in [3.05, 3.63) is 47.9 Å². The van der Waals surface area contributed by atoms with Gasteiger partial charge in [-0.15, -0.1) is 0 Å². The average molecular weight is 258 g/mol. The van der Waals surface area contributed by atoms with Crippen LogP contribution in [0.3, 0.4) is 0 Å². The predicted octanol–water partition coefficient (Wildman–Crippen LogP) is 3.06. The highest BCUT2D eigenvalue weighted by Gasteiger charge is 2.13. The van der Waals surface area contributed by atoms with Crippen molar-refractivity contribution in [2.75, 3.05) is 0 Å². The van der Waals surface area contributed by atoms with Crippen LogP contribution in [0.4, 0.5) is 0 Å². The summed E-state index contributed by atoms with van der Waals surface area (Å²) < 4.78 is 5.59. The first-order valence-corrected chi connectivity index (χ1v) is 6.19. The summed E-state index contributed by atoms with van der Waals surface area (Å²) in [6.07, 6.45) is 3.00. The molecular formula is C15H18N2O2. The lowest BCUT2D eigenvalue weighted by Crippen LogP contribution is -2.10. The number of rotatable bonds is 3. The van der Waals surface area contributed by atoms with Crippen molar-refractivity contribution in [3.63, 3.8) is 0 Å². The Balaban J connectivity index is 2.10. The number of aliphatic hydroxyl groups excluding tert-OH is 1. The predicted molar refractivity (Wildman–Crippen MR) is 73.2 cm³/mol. The van der Waals surface area contributed by atoms with Crippen LogP contribution in [0.25, 0.3) is 0 Å². The highest BCUT2D eigenvalue weighted by atomic mass is 16.5. The first-order valence-electron chi connectivity index (χ1n) is 6.19. The third kappa shape index (κ3) is 3.51. The molecule has 0 aliphatic heterocycles. The quantitative estimate of drug-likeness (QED) is 0.919. The second-order valence-electron chi connectivity index (χ2n) is 5.38. The van der Waals surface area contributed by atoms with Crippen LogP contribution in [-0.2, 0) is 12.0 Å². The van der Waals surface area contributed by atoms with Gasteiger partial charge in [0.2, 0.25) is 5.88 Å². The standard InChI is InChI=1S/C15H18N2O2/c1-15(2,3)11-4-6-13(7-5-11)19-14-9-16-12(10-18)8-17-14/h4-9,18H,10H2,1-3H3. The summed E-state index contributed by atoms with van der Waals surface area (Å²) in [5.41, 5.74) is 1.90. The summed E-state index contributed by atoms with van der Waals surface area (Å²) >= 11 is 0. The Kier molecular flexibility index (Phi) is 3.81. The Bertz CT molecular complexity index is 528. The van der Waals surface area contributed by atoms with Crippen molar-refractivity contribution in [1.82, 2.24) is 9.97 Å². The molecule has 1 N–H and O–H groups in total. The Morgan fingerprint density at radius 1 is 1.05 bits per heavy atom. The van der Waals surface area contributed by atoms with Crippen molar-refractivity contribution in [3.8, 4) is 11.6 Å². The van der Waals surface area contributed by atoms with E-state index in [-0.39, 0.29) is 12.0 Å². The van der Waals surface area contributed by atoms with E-state index in [4.69, 9.17) is 9.84 Å². The number of benzene rings is 1. The molecule has 100 valence electrons. The number of hydrogen-bond acceptors (Lipinski definition) is 4. The lowest BCUT2D eigenvalue weighted by molar-refractivity contribution is 0.276. The van der Waals surface area contributed by atoms with Gasteiger partial charge < -0.3 is 9.84 Å². The molecule has 0 spiro atoms. The maximum atomic E-state index is 8.88. The SMILES string of the molecule is CC(C)(C)c1ccc(Oc2cnc(CO)cn2)cc1. The van der Waals surface area contributed by atoms with E-state index in [9.17, 15) is 0 Å². The van der Waals surface area contributed by atoms with Gasteiger partial charge in [0, 0.05) is 0 Å². The Labute approximate surface area is 113 Å². The van der Waals surface area contributed by atoms with Gasteiger partial charge in [-0.3, -0.25) is 4.98 Å². The average Bonchev–Trinajstić information content (AvgIpc) is 2.39. The topological polar surface area (TPSA) is 55.2 Å². The molecule has 0 aliphatic carbocycles. The fourth-order valence-corrected chi connectivity index (χ4v) is 1.62. The molecule has 4 nitrogen and oxygen atoms in total. The van der Waals surface area contributed by atoms with E-state index in [1.807, 2.05) is 24.3 Å². The highest BCUT2D eigenvalue weighted by molar-refractivity contribution is 5.33. The number of aliphatic hydroxyl groups is 1. The van der Waals surface area contributed by atoms with Crippen molar-refractivity contribution in [1.29, 1.82) is 0 Å². The van der Waals surface area contributed by atoms with Crippen LogP contribution in [0, 0.1) is 0 Å². The molecule has 0 unspecified atom stereocenters. The smallest absolute Gasteiger partial charge is 0.237 e. The second kappa shape index (κ2) is 5.36. The van der Waals surface area contributed by atoms with Crippen molar-refractivity contribution in [2.24, 2.45) is 0 Å². The molecular weight excluding hydrogens is 240 g/mol. The lowest BCUT2D eigenvalue weighted by atomic mass is 9.87. The van der Waals surface area contributed by atoms with E-state index in [1.54, 1.807) is 0 Å². The molecule has 0 amide bonds. The van der Waals surface area contributed by atoms with Crippen LogP contribution < -0.4 is 4.74 Å². The molecule has 0 bridgehead atoms. The summed E-state index contributed by atoms with van der Waals surface area (Å²) in [5, 5.41) is 8.88. The van der Waals surface area contributed by atoms with E-state index >= 15 is 0 Å².